The molecule has 0 spiro atoms. The lowest BCUT2D eigenvalue weighted by Crippen LogP contribution is -2.46. The first-order valence-electron chi connectivity index (χ1n) is 7.26. The molecule has 0 fully saturated rings. The average molecular weight is 342 g/mol. The van der Waals surface area contributed by atoms with E-state index in [9.17, 15) is 14.0 Å². The summed E-state index contributed by atoms with van der Waals surface area (Å²) in [7, 11) is 0. The van der Waals surface area contributed by atoms with Gasteiger partial charge in [0, 0.05) is 5.69 Å². The molecule has 5 nitrogen and oxygen atoms in total. The van der Waals surface area contributed by atoms with E-state index in [-0.39, 0.29) is 11.7 Å². The zero-order chi connectivity index (χ0) is 17.5. The third kappa shape index (κ3) is 7.88. The molecule has 7 heteroatoms. The van der Waals surface area contributed by atoms with Crippen LogP contribution in [0.4, 0.5) is 14.9 Å². The van der Waals surface area contributed by atoms with Crippen molar-refractivity contribution >= 4 is 29.4 Å². The first-order chi connectivity index (χ1) is 10.7. The number of nitrogens with one attached hydrogen (secondary N) is 2. The standard InChI is InChI=1S/C16H23FN2O3S/c1-16(2,3)22-15(21)19-13(9-10-23-4)14(20)18-12-7-5-11(17)6-8-12/h5-8,13H,9-10H2,1-4H3,(H,18,20)(H,19,21)/t13-/m0/s1. The van der Waals surface area contributed by atoms with E-state index < -0.39 is 17.7 Å². The van der Waals surface area contributed by atoms with E-state index in [2.05, 4.69) is 10.6 Å². The third-order valence-electron chi connectivity index (χ3n) is 2.73. The summed E-state index contributed by atoms with van der Waals surface area (Å²) in [6.07, 6.45) is 1.74. The summed E-state index contributed by atoms with van der Waals surface area (Å²) in [5.74, 6) is -0.0394. The minimum Gasteiger partial charge on any atom is -0.444 e. The van der Waals surface area contributed by atoms with Gasteiger partial charge in [0.15, 0.2) is 0 Å². The Hall–Kier alpha value is -1.76. The van der Waals surface area contributed by atoms with E-state index in [4.69, 9.17) is 4.74 Å². The summed E-state index contributed by atoms with van der Waals surface area (Å²) >= 11 is 1.57. The number of carbonyl (C=O) groups excluding carboxylic acids is 2. The van der Waals surface area contributed by atoms with Gasteiger partial charge in [-0.05, 0) is 63.5 Å². The molecule has 1 aromatic rings. The van der Waals surface area contributed by atoms with Crippen molar-refractivity contribution in [2.24, 2.45) is 0 Å². The van der Waals surface area contributed by atoms with Gasteiger partial charge in [-0.15, -0.1) is 0 Å². The van der Waals surface area contributed by atoms with Crippen LogP contribution in [-0.2, 0) is 9.53 Å². The van der Waals surface area contributed by atoms with Gasteiger partial charge in [0.25, 0.3) is 0 Å². The second kappa shape index (κ2) is 8.76. The van der Waals surface area contributed by atoms with Gasteiger partial charge in [-0.2, -0.15) is 11.8 Å². The number of carbonyl (C=O) groups is 2. The van der Waals surface area contributed by atoms with Crippen molar-refractivity contribution in [1.29, 1.82) is 0 Å². The van der Waals surface area contributed by atoms with Crippen LogP contribution in [0.25, 0.3) is 0 Å². The summed E-state index contributed by atoms with van der Waals surface area (Å²) in [6, 6.07) is 4.72. The van der Waals surface area contributed by atoms with Gasteiger partial charge < -0.3 is 15.4 Å². The van der Waals surface area contributed by atoms with Gasteiger partial charge >= 0.3 is 6.09 Å². The molecule has 23 heavy (non-hydrogen) atoms. The van der Waals surface area contributed by atoms with Crippen LogP contribution in [0.1, 0.15) is 27.2 Å². The normalized spacial score (nSPS) is 12.4. The van der Waals surface area contributed by atoms with Crippen molar-refractivity contribution in [3.05, 3.63) is 30.1 Å². The monoisotopic (exact) mass is 342 g/mol. The first-order valence-corrected chi connectivity index (χ1v) is 8.65. The molecule has 0 saturated heterocycles. The van der Waals surface area contributed by atoms with Gasteiger partial charge in [0.1, 0.15) is 17.5 Å². The maximum atomic E-state index is 12.9. The van der Waals surface area contributed by atoms with E-state index in [1.807, 2.05) is 6.26 Å². The smallest absolute Gasteiger partial charge is 0.408 e. The van der Waals surface area contributed by atoms with Crippen LogP contribution in [0.15, 0.2) is 24.3 Å². The fourth-order valence-electron chi connectivity index (χ4n) is 1.72. The lowest BCUT2D eigenvalue weighted by Gasteiger charge is -2.23. The summed E-state index contributed by atoms with van der Waals surface area (Å²) in [5, 5.41) is 5.24. The van der Waals surface area contributed by atoms with Gasteiger partial charge in [-0.1, -0.05) is 0 Å². The number of thioether (sulfide) groups is 1. The molecule has 0 unspecified atom stereocenters. The number of hydrogen-bond donors (Lipinski definition) is 2. The average Bonchev–Trinajstić information content (AvgIpc) is 2.43. The Morgan fingerprint density at radius 3 is 2.39 bits per heavy atom. The largest absolute Gasteiger partial charge is 0.444 e. The van der Waals surface area contributed by atoms with E-state index in [1.165, 1.54) is 24.3 Å². The molecular formula is C16H23FN2O3S. The molecule has 0 aliphatic rings. The van der Waals surface area contributed by atoms with Crippen molar-refractivity contribution in [3.63, 3.8) is 0 Å². The molecule has 0 radical (unpaired) electrons. The molecule has 0 aliphatic heterocycles. The van der Waals surface area contributed by atoms with Gasteiger partial charge in [-0.25, -0.2) is 9.18 Å². The molecule has 1 rings (SSSR count). The van der Waals surface area contributed by atoms with E-state index in [0.717, 1.165) is 0 Å². The molecule has 1 atom stereocenters. The van der Waals surface area contributed by atoms with Crippen LogP contribution in [0.2, 0.25) is 0 Å². The lowest BCUT2D eigenvalue weighted by atomic mass is 10.2. The molecule has 0 saturated carbocycles. The second-order valence-electron chi connectivity index (χ2n) is 5.98. The summed E-state index contributed by atoms with van der Waals surface area (Å²) < 4.78 is 18.1. The number of amides is 2. The summed E-state index contributed by atoms with van der Waals surface area (Å²) in [6.45, 7) is 5.26. The van der Waals surface area contributed by atoms with Crippen LogP contribution >= 0.6 is 11.8 Å². The zero-order valence-corrected chi connectivity index (χ0v) is 14.6. The maximum Gasteiger partial charge on any atom is 0.408 e. The number of benzene rings is 1. The Balaban J connectivity index is 2.69. The Labute approximate surface area is 140 Å². The second-order valence-corrected chi connectivity index (χ2v) is 6.96. The van der Waals surface area contributed by atoms with Gasteiger partial charge in [0.05, 0.1) is 0 Å². The number of hydrogen-bond acceptors (Lipinski definition) is 4. The van der Waals surface area contributed by atoms with Crippen LogP contribution in [0.5, 0.6) is 0 Å². The quantitative estimate of drug-likeness (QED) is 0.831. The van der Waals surface area contributed by atoms with Crippen LogP contribution < -0.4 is 10.6 Å². The number of ether oxygens (including phenoxy) is 1. The number of halogens is 1. The van der Waals surface area contributed by atoms with Crippen LogP contribution in [-0.4, -0.2) is 35.7 Å². The first kappa shape index (κ1) is 19.3. The molecule has 0 aromatic heterocycles. The maximum absolute atomic E-state index is 12.9. The third-order valence-corrected chi connectivity index (χ3v) is 3.37. The molecule has 1 aromatic carbocycles. The number of alkyl carbamates (subject to hydrolysis) is 1. The molecule has 128 valence electrons. The topological polar surface area (TPSA) is 67.4 Å². The fraction of sp³-hybridized carbons (Fsp3) is 0.500. The summed E-state index contributed by atoms with van der Waals surface area (Å²) in [4.78, 5) is 24.2. The molecule has 0 aliphatic carbocycles. The van der Waals surface area contributed by atoms with Crippen LogP contribution in [0, 0.1) is 5.82 Å². The Morgan fingerprint density at radius 1 is 1.26 bits per heavy atom. The predicted molar refractivity (Wildman–Crippen MR) is 91.2 cm³/mol. The predicted octanol–water partition coefficient (Wildman–Crippen LogP) is 3.41. The molecule has 2 N–H and O–H groups in total. The van der Waals surface area contributed by atoms with Gasteiger partial charge in [0.2, 0.25) is 5.91 Å². The number of anilines is 1. The van der Waals surface area contributed by atoms with E-state index >= 15 is 0 Å². The zero-order valence-electron chi connectivity index (χ0n) is 13.8. The SMILES string of the molecule is CSCC[C@H](NC(=O)OC(C)(C)C)C(=O)Nc1ccc(F)cc1. The fourth-order valence-corrected chi connectivity index (χ4v) is 2.19. The highest BCUT2D eigenvalue weighted by Crippen LogP contribution is 2.11. The van der Waals surface area contributed by atoms with Crippen LogP contribution in [0.3, 0.4) is 0 Å². The van der Waals surface area contributed by atoms with Crippen molar-refractivity contribution in [1.82, 2.24) is 5.32 Å². The molecule has 0 bridgehead atoms. The summed E-state index contributed by atoms with van der Waals surface area (Å²) in [5.41, 5.74) is -0.168. The van der Waals surface area contributed by atoms with Crippen molar-refractivity contribution in [3.8, 4) is 0 Å². The molecular weight excluding hydrogens is 319 g/mol. The number of rotatable bonds is 6. The minimum atomic E-state index is -0.720. The van der Waals surface area contributed by atoms with E-state index in [0.29, 0.717) is 17.9 Å². The van der Waals surface area contributed by atoms with Gasteiger partial charge in [-0.3, -0.25) is 4.79 Å². The highest BCUT2D eigenvalue weighted by atomic mass is 32.2. The molecule has 0 heterocycles. The van der Waals surface area contributed by atoms with E-state index in [1.54, 1.807) is 32.5 Å². The lowest BCUT2D eigenvalue weighted by molar-refractivity contribution is -0.118. The molecule has 2 amide bonds. The van der Waals surface area contributed by atoms with Crippen molar-refractivity contribution < 1.29 is 18.7 Å². The van der Waals surface area contributed by atoms with Crippen molar-refractivity contribution in [2.75, 3.05) is 17.3 Å². The highest BCUT2D eigenvalue weighted by molar-refractivity contribution is 7.98. The Bertz CT molecular complexity index is 529. The highest BCUT2D eigenvalue weighted by Gasteiger charge is 2.24. The Kier molecular flexibility index (Phi) is 7.35. The minimum absolute atomic E-state index is 0.364. The Morgan fingerprint density at radius 2 is 1.87 bits per heavy atom. The van der Waals surface area contributed by atoms with Crippen molar-refractivity contribution in [2.45, 2.75) is 38.8 Å².